The third-order valence-electron chi connectivity index (χ3n) is 4.69. The normalized spacial score (nSPS) is 28.8. The molecule has 4 heteroatoms. The molecule has 1 amide bonds. The third kappa shape index (κ3) is 3.11. The average Bonchev–Trinajstić information content (AvgIpc) is 3.18. The van der Waals surface area contributed by atoms with E-state index in [2.05, 4.69) is 26.1 Å². The van der Waals surface area contributed by atoms with E-state index in [0.717, 1.165) is 19.6 Å². The summed E-state index contributed by atoms with van der Waals surface area (Å²) in [6.45, 7) is 10.6. The molecule has 0 bridgehead atoms. The summed E-state index contributed by atoms with van der Waals surface area (Å²) in [5.74, 6) is 0.251. The summed E-state index contributed by atoms with van der Waals surface area (Å²) in [7, 11) is 0. The van der Waals surface area contributed by atoms with Crippen LogP contribution in [0.3, 0.4) is 0 Å². The monoisotopic (exact) mass is 268 g/mol. The largest absolute Gasteiger partial charge is 0.378 e. The Labute approximate surface area is 116 Å². The van der Waals surface area contributed by atoms with Gasteiger partial charge in [-0.2, -0.15) is 0 Å². The van der Waals surface area contributed by atoms with Gasteiger partial charge >= 0.3 is 0 Å². The minimum Gasteiger partial charge on any atom is -0.378 e. The van der Waals surface area contributed by atoms with Gasteiger partial charge in [0.2, 0.25) is 5.91 Å². The zero-order valence-corrected chi connectivity index (χ0v) is 12.7. The van der Waals surface area contributed by atoms with E-state index in [1.165, 1.54) is 12.8 Å². The zero-order valence-electron chi connectivity index (χ0n) is 12.7. The molecule has 2 aliphatic rings. The van der Waals surface area contributed by atoms with Crippen LogP contribution in [-0.2, 0) is 9.53 Å². The fraction of sp³-hybridized carbons (Fsp3) is 0.933. The van der Waals surface area contributed by atoms with E-state index in [0.29, 0.717) is 24.7 Å². The lowest BCUT2D eigenvalue weighted by Gasteiger charge is -2.52. The van der Waals surface area contributed by atoms with Crippen molar-refractivity contribution in [2.75, 3.05) is 19.7 Å². The molecule has 19 heavy (non-hydrogen) atoms. The predicted octanol–water partition coefficient (Wildman–Crippen LogP) is 1.79. The van der Waals surface area contributed by atoms with Crippen LogP contribution in [0.1, 0.15) is 47.0 Å². The van der Waals surface area contributed by atoms with Crippen LogP contribution < -0.4 is 5.32 Å². The van der Waals surface area contributed by atoms with Crippen molar-refractivity contribution in [3.8, 4) is 0 Å². The van der Waals surface area contributed by atoms with Crippen LogP contribution in [0.5, 0.6) is 0 Å². The van der Waals surface area contributed by atoms with E-state index in [9.17, 15) is 4.79 Å². The molecule has 110 valence electrons. The van der Waals surface area contributed by atoms with Gasteiger partial charge in [0, 0.05) is 30.7 Å². The highest BCUT2D eigenvalue weighted by molar-refractivity contribution is 5.79. The van der Waals surface area contributed by atoms with Crippen molar-refractivity contribution in [2.45, 2.75) is 65.1 Å². The quantitative estimate of drug-likeness (QED) is 0.765. The number of hydrogen-bond acceptors (Lipinski definition) is 3. The molecule has 0 spiro atoms. The lowest BCUT2D eigenvalue weighted by molar-refractivity contribution is -0.134. The summed E-state index contributed by atoms with van der Waals surface area (Å²) < 4.78 is 5.71. The number of carbonyl (C=O) groups is 1. The first-order chi connectivity index (χ1) is 9.00. The van der Waals surface area contributed by atoms with Crippen molar-refractivity contribution >= 4 is 5.91 Å². The van der Waals surface area contributed by atoms with Gasteiger partial charge in [0.1, 0.15) is 0 Å². The predicted molar refractivity (Wildman–Crippen MR) is 76.0 cm³/mol. The number of likely N-dealkylation sites (N-methyl/N-ethyl adjacent to an activating group) is 1. The SMILES string of the molecule is CCOC1CC(NCC(=O)N(CC)C2CC2)C1(C)C. The van der Waals surface area contributed by atoms with Gasteiger partial charge in [0.15, 0.2) is 0 Å². The molecule has 0 radical (unpaired) electrons. The Morgan fingerprint density at radius 3 is 2.53 bits per heavy atom. The Hall–Kier alpha value is -0.610. The molecule has 2 fully saturated rings. The standard InChI is InChI=1S/C15H28N2O2/c1-5-17(11-7-8-11)14(18)10-16-12-9-13(19-6-2)15(12,3)4/h11-13,16H,5-10H2,1-4H3. The Balaban J connectivity index is 1.75. The summed E-state index contributed by atoms with van der Waals surface area (Å²) >= 11 is 0. The number of hydrogen-bond donors (Lipinski definition) is 1. The molecular weight excluding hydrogens is 240 g/mol. The number of nitrogens with zero attached hydrogens (tertiary/aromatic N) is 1. The van der Waals surface area contributed by atoms with Crippen LogP contribution in [0.2, 0.25) is 0 Å². The Bertz CT molecular complexity index is 326. The molecule has 2 unspecified atom stereocenters. The van der Waals surface area contributed by atoms with E-state index in [1.807, 2.05) is 11.8 Å². The van der Waals surface area contributed by atoms with Crippen molar-refractivity contribution in [2.24, 2.45) is 5.41 Å². The van der Waals surface area contributed by atoms with Gasteiger partial charge in [-0.15, -0.1) is 0 Å². The smallest absolute Gasteiger partial charge is 0.236 e. The highest BCUT2D eigenvalue weighted by atomic mass is 16.5. The fourth-order valence-electron chi connectivity index (χ4n) is 3.05. The second kappa shape index (κ2) is 5.80. The lowest BCUT2D eigenvalue weighted by Crippen LogP contribution is -2.62. The summed E-state index contributed by atoms with van der Waals surface area (Å²) in [6, 6.07) is 0.913. The van der Waals surface area contributed by atoms with E-state index >= 15 is 0 Å². The lowest BCUT2D eigenvalue weighted by atomic mass is 9.64. The third-order valence-corrected chi connectivity index (χ3v) is 4.69. The molecule has 0 aliphatic heterocycles. The number of ether oxygens (including phenoxy) is 1. The van der Waals surface area contributed by atoms with Crippen molar-refractivity contribution in [3.05, 3.63) is 0 Å². The van der Waals surface area contributed by atoms with Gasteiger partial charge < -0.3 is 15.0 Å². The summed E-state index contributed by atoms with van der Waals surface area (Å²) in [5, 5.41) is 3.42. The van der Waals surface area contributed by atoms with Gasteiger partial charge in [-0.05, 0) is 33.1 Å². The van der Waals surface area contributed by atoms with Gasteiger partial charge in [0.05, 0.1) is 12.6 Å². The number of carbonyl (C=O) groups excluding carboxylic acids is 1. The van der Waals surface area contributed by atoms with E-state index in [1.54, 1.807) is 0 Å². The molecule has 0 saturated heterocycles. The summed E-state index contributed by atoms with van der Waals surface area (Å²) in [6.07, 6.45) is 3.71. The van der Waals surface area contributed by atoms with Crippen LogP contribution >= 0.6 is 0 Å². The second-order valence-electron chi connectivity index (χ2n) is 6.35. The first kappa shape index (κ1) is 14.8. The van der Waals surface area contributed by atoms with Crippen molar-refractivity contribution in [1.29, 1.82) is 0 Å². The first-order valence-corrected chi connectivity index (χ1v) is 7.65. The zero-order chi connectivity index (χ0) is 14.0. The van der Waals surface area contributed by atoms with Gasteiger partial charge in [-0.1, -0.05) is 13.8 Å². The maximum absolute atomic E-state index is 12.2. The number of nitrogens with one attached hydrogen (secondary N) is 1. The molecule has 2 saturated carbocycles. The molecule has 2 atom stereocenters. The molecule has 2 rings (SSSR count). The van der Waals surface area contributed by atoms with Crippen molar-refractivity contribution < 1.29 is 9.53 Å². The van der Waals surface area contributed by atoms with Crippen molar-refractivity contribution in [1.82, 2.24) is 10.2 Å². The maximum Gasteiger partial charge on any atom is 0.236 e. The maximum atomic E-state index is 12.2. The second-order valence-corrected chi connectivity index (χ2v) is 6.35. The highest BCUT2D eigenvalue weighted by Crippen LogP contribution is 2.42. The highest BCUT2D eigenvalue weighted by Gasteiger charge is 2.48. The van der Waals surface area contributed by atoms with Gasteiger partial charge in [-0.25, -0.2) is 0 Å². The molecular formula is C15H28N2O2. The summed E-state index contributed by atoms with van der Waals surface area (Å²) in [4.78, 5) is 14.2. The molecule has 0 heterocycles. The number of rotatable bonds is 7. The number of amides is 1. The molecule has 0 aromatic heterocycles. The van der Waals surface area contributed by atoms with Gasteiger partial charge in [0.25, 0.3) is 0 Å². The molecule has 0 aromatic rings. The average molecular weight is 268 g/mol. The van der Waals surface area contributed by atoms with Crippen LogP contribution in [-0.4, -0.2) is 48.7 Å². The Morgan fingerprint density at radius 1 is 1.37 bits per heavy atom. The van der Waals surface area contributed by atoms with Crippen molar-refractivity contribution in [3.63, 3.8) is 0 Å². The summed E-state index contributed by atoms with van der Waals surface area (Å²) in [5.41, 5.74) is 0.132. The van der Waals surface area contributed by atoms with E-state index < -0.39 is 0 Å². The minimum atomic E-state index is 0.132. The van der Waals surface area contributed by atoms with E-state index in [-0.39, 0.29) is 11.3 Å². The van der Waals surface area contributed by atoms with Crippen LogP contribution in [0.25, 0.3) is 0 Å². The van der Waals surface area contributed by atoms with Crippen LogP contribution in [0.15, 0.2) is 0 Å². The van der Waals surface area contributed by atoms with Gasteiger partial charge in [-0.3, -0.25) is 4.79 Å². The first-order valence-electron chi connectivity index (χ1n) is 7.65. The molecule has 0 aromatic carbocycles. The molecule has 1 N–H and O–H groups in total. The fourth-order valence-corrected chi connectivity index (χ4v) is 3.05. The van der Waals surface area contributed by atoms with E-state index in [4.69, 9.17) is 4.74 Å². The molecule has 4 nitrogen and oxygen atoms in total. The molecule has 2 aliphatic carbocycles. The van der Waals surface area contributed by atoms with Crippen LogP contribution in [0, 0.1) is 5.41 Å². The minimum absolute atomic E-state index is 0.132. The van der Waals surface area contributed by atoms with Crippen LogP contribution in [0.4, 0.5) is 0 Å². The Morgan fingerprint density at radius 2 is 2.05 bits per heavy atom. The Kier molecular flexibility index (Phi) is 4.51. The topological polar surface area (TPSA) is 41.6 Å².